The van der Waals surface area contributed by atoms with E-state index in [1.54, 1.807) is 24.3 Å². The molecule has 0 heterocycles. The number of hydrogen-bond acceptors (Lipinski definition) is 4. The van der Waals surface area contributed by atoms with Gasteiger partial charge in [0, 0.05) is 16.3 Å². The Morgan fingerprint density at radius 1 is 1.21 bits per heavy atom. The summed E-state index contributed by atoms with van der Waals surface area (Å²) in [5.41, 5.74) is 0.842. The number of benzene rings is 2. The van der Waals surface area contributed by atoms with Crippen molar-refractivity contribution in [2.45, 2.75) is 0 Å². The molecular formula is C13H10ClN2O3-. The number of carbonyl (C=O) groups excluding carboxylic acids is 1. The van der Waals surface area contributed by atoms with Crippen LogP contribution in [0.3, 0.4) is 0 Å². The monoisotopic (exact) mass is 277 g/mol. The van der Waals surface area contributed by atoms with Crippen LogP contribution in [-0.2, 0) is 0 Å². The molecule has 0 fully saturated rings. The maximum absolute atomic E-state index is 11.9. The van der Waals surface area contributed by atoms with Gasteiger partial charge < -0.3 is 15.8 Å². The summed E-state index contributed by atoms with van der Waals surface area (Å²) < 4.78 is 0. The second-order valence-corrected chi connectivity index (χ2v) is 4.22. The third-order valence-electron chi connectivity index (χ3n) is 2.43. The summed E-state index contributed by atoms with van der Waals surface area (Å²) >= 11 is 5.74. The maximum atomic E-state index is 11.9. The number of nitrogens with zero attached hydrogens (tertiary/aromatic N) is 1. The molecule has 0 saturated carbocycles. The molecule has 98 valence electrons. The van der Waals surface area contributed by atoms with E-state index in [4.69, 9.17) is 16.8 Å². The maximum Gasteiger partial charge on any atom is 0.255 e. The lowest BCUT2D eigenvalue weighted by molar-refractivity contribution is 0.102. The Morgan fingerprint density at radius 3 is 2.53 bits per heavy atom. The van der Waals surface area contributed by atoms with Gasteiger partial charge in [0.05, 0.1) is 5.69 Å². The van der Waals surface area contributed by atoms with Crippen LogP contribution in [0, 0.1) is 5.21 Å². The van der Waals surface area contributed by atoms with Gasteiger partial charge in [-0.2, -0.15) is 0 Å². The average molecular weight is 278 g/mol. The molecule has 6 heteroatoms. The number of anilines is 2. The van der Waals surface area contributed by atoms with Gasteiger partial charge >= 0.3 is 0 Å². The number of nitrogens with one attached hydrogen (secondary N) is 1. The molecule has 0 aliphatic heterocycles. The van der Waals surface area contributed by atoms with Crippen molar-refractivity contribution in [2.24, 2.45) is 0 Å². The molecule has 2 aromatic carbocycles. The van der Waals surface area contributed by atoms with E-state index >= 15 is 0 Å². The number of rotatable bonds is 3. The van der Waals surface area contributed by atoms with Crippen molar-refractivity contribution in [2.75, 3.05) is 10.5 Å². The van der Waals surface area contributed by atoms with Gasteiger partial charge in [-0.05, 0) is 42.5 Å². The lowest BCUT2D eigenvalue weighted by Gasteiger charge is -2.21. The van der Waals surface area contributed by atoms with Gasteiger partial charge in [-0.25, -0.2) is 0 Å². The molecule has 2 N–H and O–H groups in total. The van der Waals surface area contributed by atoms with E-state index in [0.29, 0.717) is 10.7 Å². The third-order valence-corrected chi connectivity index (χ3v) is 2.68. The number of amides is 1. The lowest BCUT2D eigenvalue weighted by Crippen LogP contribution is -2.13. The third kappa shape index (κ3) is 3.45. The first-order chi connectivity index (χ1) is 9.06. The van der Waals surface area contributed by atoms with Gasteiger partial charge in [0.15, 0.2) is 0 Å². The van der Waals surface area contributed by atoms with E-state index in [0.717, 1.165) is 0 Å². The molecule has 0 unspecified atom stereocenters. The molecule has 0 aliphatic rings. The van der Waals surface area contributed by atoms with Gasteiger partial charge in [0.2, 0.25) is 0 Å². The molecule has 0 radical (unpaired) electrons. The first kappa shape index (κ1) is 13.4. The van der Waals surface area contributed by atoms with Gasteiger partial charge in [0.1, 0.15) is 0 Å². The van der Waals surface area contributed by atoms with Crippen molar-refractivity contribution in [3.8, 4) is 0 Å². The Kier molecular flexibility index (Phi) is 4.01. The molecule has 5 nitrogen and oxygen atoms in total. The smallest absolute Gasteiger partial charge is 0.255 e. The zero-order chi connectivity index (χ0) is 13.8. The molecule has 0 aliphatic carbocycles. The fourth-order valence-corrected chi connectivity index (χ4v) is 1.63. The number of carbonyl (C=O) groups is 1. The van der Waals surface area contributed by atoms with Crippen molar-refractivity contribution in [3.63, 3.8) is 0 Å². The van der Waals surface area contributed by atoms with Crippen molar-refractivity contribution < 1.29 is 10.0 Å². The molecular weight excluding hydrogens is 268 g/mol. The summed E-state index contributed by atoms with van der Waals surface area (Å²) in [7, 11) is 0. The molecule has 0 spiro atoms. The molecule has 0 bridgehead atoms. The van der Waals surface area contributed by atoms with E-state index in [1.165, 1.54) is 24.3 Å². The highest BCUT2D eigenvalue weighted by molar-refractivity contribution is 6.30. The van der Waals surface area contributed by atoms with Crippen LogP contribution in [0.4, 0.5) is 11.4 Å². The van der Waals surface area contributed by atoms with Crippen LogP contribution < -0.4 is 10.5 Å². The first-order valence-corrected chi connectivity index (χ1v) is 5.77. The van der Waals surface area contributed by atoms with Crippen LogP contribution in [0.1, 0.15) is 10.4 Å². The summed E-state index contributed by atoms with van der Waals surface area (Å²) in [4.78, 5) is 11.9. The molecule has 2 rings (SSSR count). The minimum absolute atomic E-state index is 0.0104. The highest BCUT2D eigenvalue weighted by atomic mass is 35.5. The molecule has 1 amide bonds. The molecule has 0 saturated heterocycles. The quantitative estimate of drug-likeness (QED) is 0.844. The van der Waals surface area contributed by atoms with E-state index in [2.05, 4.69) is 5.32 Å². The van der Waals surface area contributed by atoms with Gasteiger partial charge in [-0.3, -0.25) is 10.0 Å². The summed E-state index contributed by atoms with van der Waals surface area (Å²) in [6.45, 7) is 0. The van der Waals surface area contributed by atoms with Gasteiger partial charge in [-0.15, -0.1) is 0 Å². The van der Waals surface area contributed by atoms with E-state index in [-0.39, 0.29) is 22.4 Å². The SMILES string of the molecule is O=C(Nc1ccc(Cl)cc1)c1cccc(N([O-])O)c1. The summed E-state index contributed by atoms with van der Waals surface area (Å²) in [5, 5.41) is 22.5. The largest absolute Gasteiger partial charge is 0.733 e. The fraction of sp³-hybridized carbons (Fsp3) is 0. The van der Waals surface area contributed by atoms with Crippen LogP contribution in [0.15, 0.2) is 48.5 Å². The molecule has 19 heavy (non-hydrogen) atoms. The van der Waals surface area contributed by atoms with E-state index in [9.17, 15) is 10.0 Å². The topological polar surface area (TPSA) is 75.6 Å². The second kappa shape index (κ2) is 5.71. The van der Waals surface area contributed by atoms with Crippen LogP contribution in [-0.4, -0.2) is 11.1 Å². The zero-order valence-corrected chi connectivity index (χ0v) is 10.5. The fourth-order valence-electron chi connectivity index (χ4n) is 1.50. The van der Waals surface area contributed by atoms with Crippen LogP contribution in [0.25, 0.3) is 0 Å². The Morgan fingerprint density at radius 2 is 1.89 bits per heavy atom. The number of halogens is 1. The van der Waals surface area contributed by atoms with Crippen molar-refractivity contribution in [3.05, 3.63) is 64.3 Å². The minimum Gasteiger partial charge on any atom is -0.733 e. The molecule has 0 aromatic heterocycles. The Bertz CT molecular complexity index is 585. The minimum atomic E-state index is -0.383. The highest BCUT2D eigenvalue weighted by Gasteiger charge is 2.07. The number of hydrogen-bond donors (Lipinski definition) is 2. The normalized spacial score (nSPS) is 10.1. The van der Waals surface area contributed by atoms with Crippen molar-refractivity contribution in [1.82, 2.24) is 0 Å². The van der Waals surface area contributed by atoms with Crippen molar-refractivity contribution in [1.29, 1.82) is 0 Å². The second-order valence-electron chi connectivity index (χ2n) is 3.78. The predicted molar refractivity (Wildman–Crippen MR) is 73.5 cm³/mol. The first-order valence-electron chi connectivity index (χ1n) is 5.39. The van der Waals surface area contributed by atoms with Crippen LogP contribution in [0.5, 0.6) is 0 Å². The van der Waals surface area contributed by atoms with Crippen LogP contribution in [0.2, 0.25) is 5.02 Å². The Balaban J connectivity index is 2.15. The van der Waals surface area contributed by atoms with Crippen molar-refractivity contribution >= 4 is 28.9 Å². The summed E-state index contributed by atoms with van der Waals surface area (Å²) in [5.74, 6) is -0.383. The zero-order valence-electron chi connectivity index (χ0n) is 9.71. The predicted octanol–water partition coefficient (Wildman–Crippen LogP) is 3.29. The van der Waals surface area contributed by atoms with E-state index in [1.807, 2.05) is 0 Å². The van der Waals surface area contributed by atoms with E-state index < -0.39 is 0 Å². The molecule has 2 aromatic rings. The lowest BCUT2D eigenvalue weighted by atomic mass is 10.2. The Hall–Kier alpha value is -2.08. The summed E-state index contributed by atoms with van der Waals surface area (Å²) in [6.07, 6.45) is 0. The molecule has 0 atom stereocenters. The van der Waals surface area contributed by atoms with Crippen LogP contribution >= 0.6 is 11.6 Å². The van der Waals surface area contributed by atoms with Gasteiger partial charge in [0.25, 0.3) is 5.91 Å². The standard InChI is InChI=1S/C13H10ClN2O3/c14-10-4-6-11(7-5-10)15-13(17)9-2-1-3-12(8-9)16(18)19/h1-8,18H,(H,15,17)/q-1. The Labute approximate surface area is 114 Å². The van der Waals surface area contributed by atoms with Gasteiger partial charge in [-0.1, -0.05) is 17.7 Å². The summed E-state index contributed by atoms with van der Waals surface area (Å²) in [6, 6.07) is 12.4. The average Bonchev–Trinajstić information content (AvgIpc) is 2.41. The highest BCUT2D eigenvalue weighted by Crippen LogP contribution is 2.17.